The van der Waals surface area contributed by atoms with Gasteiger partial charge in [-0.05, 0) is 52.6 Å². The largest absolute Gasteiger partial charge is 0.381 e. The third-order valence-corrected chi connectivity index (χ3v) is 3.20. The average Bonchev–Trinajstić information content (AvgIpc) is 2.35. The van der Waals surface area contributed by atoms with Crippen LogP contribution in [0.2, 0.25) is 0 Å². The SMILES string of the molecule is CCCOCC/C=C/CCCC(CCC)N(C)C. The topological polar surface area (TPSA) is 12.5 Å². The van der Waals surface area contributed by atoms with E-state index in [9.17, 15) is 0 Å². The predicted octanol–water partition coefficient (Wildman–Crippen LogP) is 4.26. The average molecular weight is 255 g/mol. The van der Waals surface area contributed by atoms with Gasteiger partial charge in [0.05, 0.1) is 6.61 Å². The standard InChI is InChI=1S/C16H33NO/c1-5-12-16(17(3)4)13-10-8-7-9-11-15-18-14-6-2/h7,9,16H,5-6,8,10-15H2,1-4H3/b9-7+. The summed E-state index contributed by atoms with van der Waals surface area (Å²) in [5.74, 6) is 0. The molecule has 0 spiro atoms. The van der Waals surface area contributed by atoms with E-state index in [2.05, 4.69) is 45.0 Å². The summed E-state index contributed by atoms with van der Waals surface area (Å²) in [6.07, 6.45) is 13.2. The van der Waals surface area contributed by atoms with E-state index in [0.717, 1.165) is 32.1 Å². The second kappa shape index (κ2) is 13.1. The zero-order valence-corrected chi connectivity index (χ0v) is 13.0. The van der Waals surface area contributed by atoms with E-state index in [1.165, 1.54) is 32.1 Å². The lowest BCUT2D eigenvalue weighted by Gasteiger charge is -2.23. The number of unbranched alkanes of at least 4 members (excludes halogenated alkanes) is 1. The zero-order chi connectivity index (χ0) is 13.6. The molecule has 0 bridgehead atoms. The lowest BCUT2D eigenvalue weighted by atomic mass is 10.0. The Labute approximate surface area is 114 Å². The molecule has 2 heteroatoms. The molecular formula is C16H33NO. The van der Waals surface area contributed by atoms with Crippen molar-refractivity contribution in [1.29, 1.82) is 0 Å². The maximum absolute atomic E-state index is 5.43. The van der Waals surface area contributed by atoms with E-state index in [1.54, 1.807) is 0 Å². The molecule has 0 radical (unpaired) electrons. The molecular weight excluding hydrogens is 222 g/mol. The van der Waals surface area contributed by atoms with E-state index in [4.69, 9.17) is 4.74 Å². The van der Waals surface area contributed by atoms with Crippen molar-refractivity contribution in [1.82, 2.24) is 4.90 Å². The summed E-state index contributed by atoms with van der Waals surface area (Å²) in [5.41, 5.74) is 0. The first-order chi connectivity index (χ1) is 8.72. The third kappa shape index (κ3) is 10.8. The number of rotatable bonds is 12. The van der Waals surface area contributed by atoms with Crippen LogP contribution >= 0.6 is 0 Å². The molecule has 0 fully saturated rings. The maximum Gasteiger partial charge on any atom is 0.0500 e. The van der Waals surface area contributed by atoms with Crippen LogP contribution in [0.15, 0.2) is 12.2 Å². The van der Waals surface area contributed by atoms with Gasteiger partial charge in [0, 0.05) is 12.6 Å². The number of ether oxygens (including phenoxy) is 1. The van der Waals surface area contributed by atoms with Crippen LogP contribution in [0.4, 0.5) is 0 Å². The van der Waals surface area contributed by atoms with Crippen molar-refractivity contribution in [2.75, 3.05) is 27.3 Å². The van der Waals surface area contributed by atoms with E-state index in [-0.39, 0.29) is 0 Å². The Morgan fingerprint density at radius 3 is 2.28 bits per heavy atom. The van der Waals surface area contributed by atoms with E-state index >= 15 is 0 Å². The van der Waals surface area contributed by atoms with E-state index in [0.29, 0.717) is 0 Å². The number of hydrogen-bond donors (Lipinski definition) is 0. The Kier molecular flexibility index (Phi) is 12.9. The minimum atomic E-state index is 0.760. The minimum Gasteiger partial charge on any atom is -0.381 e. The summed E-state index contributed by atoms with van der Waals surface area (Å²) in [5, 5.41) is 0. The van der Waals surface area contributed by atoms with Gasteiger partial charge in [0.1, 0.15) is 0 Å². The molecule has 1 unspecified atom stereocenters. The maximum atomic E-state index is 5.43. The van der Waals surface area contributed by atoms with Crippen molar-refractivity contribution in [3.63, 3.8) is 0 Å². The van der Waals surface area contributed by atoms with Crippen molar-refractivity contribution in [3.8, 4) is 0 Å². The molecule has 0 heterocycles. The molecule has 0 rings (SSSR count). The Balaban J connectivity index is 3.44. The van der Waals surface area contributed by atoms with Gasteiger partial charge in [-0.25, -0.2) is 0 Å². The second-order valence-corrected chi connectivity index (χ2v) is 5.21. The van der Waals surface area contributed by atoms with Gasteiger partial charge >= 0.3 is 0 Å². The van der Waals surface area contributed by atoms with Crippen LogP contribution in [0.5, 0.6) is 0 Å². The van der Waals surface area contributed by atoms with Crippen molar-refractivity contribution < 1.29 is 4.74 Å². The molecule has 0 N–H and O–H groups in total. The zero-order valence-electron chi connectivity index (χ0n) is 13.0. The quantitative estimate of drug-likeness (QED) is 0.381. The summed E-state index contributed by atoms with van der Waals surface area (Å²) in [7, 11) is 4.39. The van der Waals surface area contributed by atoms with Crippen molar-refractivity contribution in [2.45, 2.75) is 64.8 Å². The summed E-state index contributed by atoms with van der Waals surface area (Å²) in [6.45, 7) is 6.19. The van der Waals surface area contributed by atoms with E-state index < -0.39 is 0 Å². The monoisotopic (exact) mass is 255 g/mol. The Morgan fingerprint density at radius 2 is 1.67 bits per heavy atom. The first-order valence-electron chi connectivity index (χ1n) is 7.61. The van der Waals surface area contributed by atoms with Crippen molar-refractivity contribution in [3.05, 3.63) is 12.2 Å². The number of hydrogen-bond acceptors (Lipinski definition) is 2. The molecule has 0 saturated carbocycles. The van der Waals surface area contributed by atoms with Crippen molar-refractivity contribution >= 4 is 0 Å². The Hall–Kier alpha value is -0.340. The van der Waals surface area contributed by atoms with Crippen LogP contribution in [-0.4, -0.2) is 38.3 Å². The highest BCUT2D eigenvalue weighted by molar-refractivity contribution is 4.82. The normalized spacial score (nSPS) is 13.6. The smallest absolute Gasteiger partial charge is 0.0500 e. The third-order valence-electron chi connectivity index (χ3n) is 3.20. The number of nitrogens with zero attached hydrogens (tertiary/aromatic N) is 1. The molecule has 1 atom stereocenters. The van der Waals surface area contributed by atoms with Gasteiger partial charge in [-0.3, -0.25) is 0 Å². The first-order valence-corrected chi connectivity index (χ1v) is 7.61. The van der Waals surface area contributed by atoms with E-state index in [1.807, 2.05) is 0 Å². The fourth-order valence-electron chi connectivity index (χ4n) is 2.10. The fourth-order valence-corrected chi connectivity index (χ4v) is 2.10. The van der Waals surface area contributed by atoms with Gasteiger partial charge in [-0.1, -0.05) is 32.4 Å². The van der Waals surface area contributed by atoms with Crippen LogP contribution < -0.4 is 0 Å². The second-order valence-electron chi connectivity index (χ2n) is 5.21. The molecule has 0 saturated heterocycles. The van der Waals surface area contributed by atoms with Gasteiger partial charge in [-0.2, -0.15) is 0 Å². The van der Waals surface area contributed by atoms with Crippen LogP contribution in [0, 0.1) is 0 Å². The van der Waals surface area contributed by atoms with Gasteiger partial charge in [0.25, 0.3) is 0 Å². The van der Waals surface area contributed by atoms with Crippen LogP contribution in [0.3, 0.4) is 0 Å². The van der Waals surface area contributed by atoms with Crippen LogP contribution in [-0.2, 0) is 4.74 Å². The molecule has 0 aromatic heterocycles. The highest BCUT2D eigenvalue weighted by Gasteiger charge is 2.08. The van der Waals surface area contributed by atoms with Crippen molar-refractivity contribution in [2.24, 2.45) is 0 Å². The lowest BCUT2D eigenvalue weighted by molar-refractivity contribution is 0.139. The molecule has 18 heavy (non-hydrogen) atoms. The molecule has 0 aliphatic rings. The first kappa shape index (κ1) is 17.7. The van der Waals surface area contributed by atoms with Gasteiger partial charge < -0.3 is 9.64 Å². The molecule has 0 amide bonds. The summed E-state index contributed by atoms with van der Waals surface area (Å²) in [6, 6.07) is 0.760. The van der Waals surface area contributed by atoms with Gasteiger partial charge in [-0.15, -0.1) is 0 Å². The lowest BCUT2D eigenvalue weighted by Crippen LogP contribution is -2.27. The highest BCUT2D eigenvalue weighted by Crippen LogP contribution is 2.11. The highest BCUT2D eigenvalue weighted by atomic mass is 16.5. The Bertz CT molecular complexity index is 190. The molecule has 0 aliphatic carbocycles. The molecule has 0 aliphatic heterocycles. The van der Waals surface area contributed by atoms with Crippen LogP contribution in [0.25, 0.3) is 0 Å². The number of allylic oxidation sites excluding steroid dienone is 1. The molecule has 2 nitrogen and oxygen atoms in total. The van der Waals surface area contributed by atoms with Gasteiger partial charge in [0.2, 0.25) is 0 Å². The molecule has 0 aromatic rings. The van der Waals surface area contributed by atoms with Crippen LogP contribution in [0.1, 0.15) is 58.8 Å². The van der Waals surface area contributed by atoms with Gasteiger partial charge in [0.15, 0.2) is 0 Å². The fraction of sp³-hybridized carbons (Fsp3) is 0.875. The predicted molar refractivity (Wildman–Crippen MR) is 81.1 cm³/mol. The summed E-state index contributed by atoms with van der Waals surface area (Å²) < 4.78 is 5.43. The molecule has 0 aromatic carbocycles. The minimum absolute atomic E-state index is 0.760. The summed E-state index contributed by atoms with van der Waals surface area (Å²) in [4.78, 5) is 2.37. The summed E-state index contributed by atoms with van der Waals surface area (Å²) >= 11 is 0. The Morgan fingerprint density at radius 1 is 0.944 bits per heavy atom. The molecule has 108 valence electrons.